The highest BCUT2D eigenvalue weighted by atomic mass is 16.2. The van der Waals surface area contributed by atoms with Gasteiger partial charge in [0, 0.05) is 19.0 Å². The van der Waals surface area contributed by atoms with Gasteiger partial charge in [-0.15, -0.1) is 0 Å². The standard InChI is InChI=1S/C15H18N2O/c1-3-14-16-12(2)11-17(14)15(18)10-9-13-7-5-4-6-8-13/h4-8,11H,3,9-10H2,1-2H3. The zero-order chi connectivity index (χ0) is 13.0. The summed E-state index contributed by atoms with van der Waals surface area (Å²) in [4.78, 5) is 16.5. The monoisotopic (exact) mass is 242 g/mol. The molecule has 0 N–H and O–H groups in total. The molecule has 1 aromatic carbocycles. The molecule has 0 amide bonds. The molecule has 0 unspecified atom stereocenters. The van der Waals surface area contributed by atoms with E-state index in [9.17, 15) is 4.79 Å². The van der Waals surface area contributed by atoms with Crippen molar-refractivity contribution < 1.29 is 4.79 Å². The van der Waals surface area contributed by atoms with E-state index in [4.69, 9.17) is 0 Å². The van der Waals surface area contributed by atoms with Gasteiger partial charge in [0.15, 0.2) is 0 Å². The number of hydrogen-bond acceptors (Lipinski definition) is 2. The first-order chi connectivity index (χ1) is 8.70. The SMILES string of the molecule is CCc1nc(C)cn1C(=O)CCc1ccccc1. The number of nitrogens with zero attached hydrogens (tertiary/aromatic N) is 2. The van der Waals surface area contributed by atoms with Crippen LogP contribution in [0.1, 0.15) is 35.2 Å². The van der Waals surface area contributed by atoms with Gasteiger partial charge in [0.25, 0.3) is 0 Å². The molecule has 1 heterocycles. The molecule has 2 rings (SSSR count). The van der Waals surface area contributed by atoms with E-state index in [1.54, 1.807) is 4.57 Å². The quantitative estimate of drug-likeness (QED) is 0.826. The maximum Gasteiger partial charge on any atom is 0.232 e. The molecule has 0 saturated heterocycles. The van der Waals surface area contributed by atoms with Gasteiger partial charge in [0.05, 0.1) is 5.69 Å². The van der Waals surface area contributed by atoms with E-state index in [2.05, 4.69) is 4.98 Å². The van der Waals surface area contributed by atoms with Crippen molar-refractivity contribution in [2.24, 2.45) is 0 Å². The Balaban J connectivity index is 2.04. The Bertz CT molecular complexity index is 529. The molecule has 0 spiro atoms. The topological polar surface area (TPSA) is 34.9 Å². The molecule has 0 atom stereocenters. The van der Waals surface area contributed by atoms with E-state index in [0.717, 1.165) is 24.4 Å². The van der Waals surface area contributed by atoms with Gasteiger partial charge in [-0.25, -0.2) is 4.98 Å². The Kier molecular flexibility index (Phi) is 3.92. The number of aromatic nitrogens is 2. The number of benzene rings is 1. The van der Waals surface area contributed by atoms with Crippen molar-refractivity contribution in [3.05, 3.63) is 53.6 Å². The second-order valence-corrected chi connectivity index (χ2v) is 4.40. The fourth-order valence-electron chi connectivity index (χ4n) is 2.03. The third kappa shape index (κ3) is 2.86. The Labute approximate surface area is 107 Å². The van der Waals surface area contributed by atoms with Gasteiger partial charge >= 0.3 is 0 Å². The first-order valence-corrected chi connectivity index (χ1v) is 6.32. The Morgan fingerprint density at radius 3 is 2.67 bits per heavy atom. The molecular formula is C15H18N2O. The number of carbonyl (C=O) groups excluding carboxylic acids is 1. The summed E-state index contributed by atoms with van der Waals surface area (Å²) >= 11 is 0. The molecule has 1 aromatic heterocycles. The van der Waals surface area contributed by atoms with E-state index >= 15 is 0 Å². The van der Waals surface area contributed by atoms with E-state index in [1.807, 2.05) is 50.4 Å². The lowest BCUT2D eigenvalue weighted by Gasteiger charge is -2.05. The van der Waals surface area contributed by atoms with Gasteiger partial charge in [-0.3, -0.25) is 9.36 Å². The summed E-state index contributed by atoms with van der Waals surface area (Å²) in [6.07, 6.45) is 3.91. The minimum absolute atomic E-state index is 0.122. The average molecular weight is 242 g/mol. The smallest absolute Gasteiger partial charge is 0.232 e. The van der Waals surface area contributed by atoms with E-state index in [1.165, 1.54) is 5.56 Å². The molecule has 3 heteroatoms. The number of carbonyl (C=O) groups is 1. The highest BCUT2D eigenvalue weighted by molar-refractivity contribution is 5.79. The maximum absolute atomic E-state index is 12.1. The van der Waals surface area contributed by atoms with Crippen LogP contribution in [0, 0.1) is 6.92 Å². The fourth-order valence-corrected chi connectivity index (χ4v) is 2.03. The second-order valence-electron chi connectivity index (χ2n) is 4.40. The summed E-state index contributed by atoms with van der Waals surface area (Å²) in [5, 5.41) is 0. The van der Waals surface area contributed by atoms with Crippen molar-refractivity contribution >= 4 is 5.91 Å². The van der Waals surface area contributed by atoms with Crippen molar-refractivity contribution in [2.45, 2.75) is 33.1 Å². The highest BCUT2D eigenvalue weighted by Crippen LogP contribution is 2.08. The third-order valence-electron chi connectivity index (χ3n) is 2.95. The molecule has 0 bridgehead atoms. The van der Waals surface area contributed by atoms with Crippen molar-refractivity contribution in [1.82, 2.24) is 9.55 Å². The largest absolute Gasteiger partial charge is 0.274 e. The Hall–Kier alpha value is -1.90. The summed E-state index contributed by atoms with van der Waals surface area (Å²) in [7, 11) is 0. The van der Waals surface area contributed by atoms with Gasteiger partial charge in [-0.1, -0.05) is 37.3 Å². The number of rotatable bonds is 4. The third-order valence-corrected chi connectivity index (χ3v) is 2.95. The fraction of sp³-hybridized carbons (Fsp3) is 0.333. The number of aryl methyl sites for hydroxylation is 3. The lowest BCUT2D eigenvalue weighted by Crippen LogP contribution is -2.13. The highest BCUT2D eigenvalue weighted by Gasteiger charge is 2.11. The van der Waals surface area contributed by atoms with E-state index in [0.29, 0.717) is 6.42 Å². The van der Waals surface area contributed by atoms with Crippen LogP contribution in [-0.2, 0) is 12.8 Å². The Morgan fingerprint density at radius 1 is 1.28 bits per heavy atom. The second kappa shape index (κ2) is 5.63. The van der Waals surface area contributed by atoms with Crippen molar-refractivity contribution in [2.75, 3.05) is 0 Å². The normalized spacial score (nSPS) is 10.6. The zero-order valence-electron chi connectivity index (χ0n) is 10.9. The van der Waals surface area contributed by atoms with Gasteiger partial charge < -0.3 is 0 Å². The van der Waals surface area contributed by atoms with Gasteiger partial charge in [-0.05, 0) is 18.9 Å². The zero-order valence-corrected chi connectivity index (χ0v) is 10.9. The van der Waals surface area contributed by atoms with Crippen molar-refractivity contribution in [3.8, 4) is 0 Å². The minimum Gasteiger partial charge on any atom is -0.274 e. The van der Waals surface area contributed by atoms with Crippen LogP contribution >= 0.6 is 0 Å². The summed E-state index contributed by atoms with van der Waals surface area (Å²) in [6, 6.07) is 10.1. The molecule has 0 aliphatic carbocycles. The summed E-state index contributed by atoms with van der Waals surface area (Å²) in [6.45, 7) is 3.93. The van der Waals surface area contributed by atoms with Crippen LogP contribution in [0.3, 0.4) is 0 Å². The lowest BCUT2D eigenvalue weighted by molar-refractivity contribution is 0.0899. The summed E-state index contributed by atoms with van der Waals surface area (Å²) in [5.74, 6) is 0.974. The number of imidazole rings is 1. The van der Waals surface area contributed by atoms with E-state index < -0.39 is 0 Å². The van der Waals surface area contributed by atoms with Crippen LogP contribution in [0.25, 0.3) is 0 Å². The summed E-state index contributed by atoms with van der Waals surface area (Å²) in [5.41, 5.74) is 2.10. The maximum atomic E-state index is 12.1. The molecule has 0 radical (unpaired) electrons. The van der Waals surface area contributed by atoms with Crippen LogP contribution in [0.15, 0.2) is 36.5 Å². The number of hydrogen-bond donors (Lipinski definition) is 0. The average Bonchev–Trinajstić information content (AvgIpc) is 2.78. The molecule has 3 nitrogen and oxygen atoms in total. The van der Waals surface area contributed by atoms with Gasteiger partial charge in [-0.2, -0.15) is 0 Å². The van der Waals surface area contributed by atoms with Crippen LogP contribution in [0.5, 0.6) is 0 Å². The molecular weight excluding hydrogens is 224 g/mol. The predicted molar refractivity (Wildman–Crippen MR) is 71.7 cm³/mol. The molecule has 94 valence electrons. The summed E-state index contributed by atoms with van der Waals surface area (Å²) < 4.78 is 1.69. The van der Waals surface area contributed by atoms with E-state index in [-0.39, 0.29) is 5.91 Å². The molecule has 0 aliphatic heterocycles. The molecule has 0 fully saturated rings. The molecule has 0 saturated carbocycles. The van der Waals surface area contributed by atoms with Crippen LogP contribution in [0.4, 0.5) is 0 Å². The molecule has 2 aromatic rings. The Morgan fingerprint density at radius 2 is 2.00 bits per heavy atom. The van der Waals surface area contributed by atoms with Crippen LogP contribution < -0.4 is 0 Å². The lowest BCUT2D eigenvalue weighted by atomic mass is 10.1. The minimum atomic E-state index is 0.122. The molecule has 18 heavy (non-hydrogen) atoms. The van der Waals surface area contributed by atoms with Crippen molar-refractivity contribution in [3.63, 3.8) is 0 Å². The predicted octanol–water partition coefficient (Wildman–Crippen LogP) is 3.03. The first kappa shape index (κ1) is 12.6. The van der Waals surface area contributed by atoms with Gasteiger partial charge in [0.2, 0.25) is 5.91 Å². The van der Waals surface area contributed by atoms with Gasteiger partial charge in [0.1, 0.15) is 5.82 Å². The van der Waals surface area contributed by atoms with Crippen molar-refractivity contribution in [1.29, 1.82) is 0 Å². The van der Waals surface area contributed by atoms with Crippen LogP contribution in [-0.4, -0.2) is 15.5 Å². The van der Waals surface area contributed by atoms with Crippen LogP contribution in [0.2, 0.25) is 0 Å². The first-order valence-electron chi connectivity index (χ1n) is 6.32. The molecule has 0 aliphatic rings.